The third kappa shape index (κ3) is 5.11. The molecule has 8 nitrogen and oxygen atoms in total. The van der Waals surface area contributed by atoms with Gasteiger partial charge in [-0.3, -0.25) is 4.79 Å². The van der Waals surface area contributed by atoms with Gasteiger partial charge >= 0.3 is 12.1 Å². The Bertz CT molecular complexity index is 875. The molecule has 0 radical (unpaired) electrons. The maximum absolute atomic E-state index is 12.6. The molecule has 1 aromatic heterocycles. The van der Waals surface area contributed by atoms with Crippen LogP contribution in [-0.2, 0) is 14.3 Å². The van der Waals surface area contributed by atoms with Crippen molar-refractivity contribution in [1.82, 2.24) is 14.8 Å². The Morgan fingerprint density at radius 1 is 1.03 bits per heavy atom. The number of aromatic nitrogens is 1. The molecular formula is C20H23N3O5S. The van der Waals surface area contributed by atoms with Crippen molar-refractivity contribution < 1.29 is 23.9 Å². The maximum atomic E-state index is 12.6. The predicted octanol–water partition coefficient (Wildman–Crippen LogP) is 2.58. The van der Waals surface area contributed by atoms with E-state index in [0.29, 0.717) is 43.4 Å². The number of hydrogen-bond acceptors (Lipinski definition) is 7. The van der Waals surface area contributed by atoms with Crippen LogP contribution in [0.3, 0.4) is 0 Å². The first-order valence-corrected chi connectivity index (χ1v) is 10.2. The summed E-state index contributed by atoms with van der Waals surface area (Å²) in [5.74, 6) is -0.850. The number of ether oxygens (including phenoxy) is 2. The van der Waals surface area contributed by atoms with E-state index in [1.54, 1.807) is 16.7 Å². The predicted molar refractivity (Wildman–Crippen MR) is 108 cm³/mol. The van der Waals surface area contributed by atoms with E-state index in [-0.39, 0.29) is 18.6 Å². The largest absolute Gasteiger partial charge is 0.451 e. The fourth-order valence-electron chi connectivity index (χ4n) is 2.99. The van der Waals surface area contributed by atoms with Crippen LogP contribution in [0.2, 0.25) is 0 Å². The minimum Gasteiger partial charge on any atom is -0.451 e. The molecule has 9 heteroatoms. The number of benzene rings is 1. The van der Waals surface area contributed by atoms with Crippen LogP contribution in [-0.4, -0.2) is 72.1 Å². The van der Waals surface area contributed by atoms with Crippen molar-refractivity contribution >= 4 is 29.3 Å². The highest BCUT2D eigenvalue weighted by atomic mass is 32.1. The van der Waals surface area contributed by atoms with E-state index in [1.165, 1.54) is 11.3 Å². The summed E-state index contributed by atoms with van der Waals surface area (Å²) in [6.45, 7) is 5.09. The Morgan fingerprint density at radius 3 is 2.34 bits per heavy atom. The second kappa shape index (κ2) is 9.51. The van der Waals surface area contributed by atoms with Gasteiger partial charge in [0.15, 0.2) is 6.61 Å². The van der Waals surface area contributed by atoms with Crippen molar-refractivity contribution in [2.24, 2.45) is 0 Å². The van der Waals surface area contributed by atoms with Gasteiger partial charge in [-0.15, -0.1) is 11.3 Å². The van der Waals surface area contributed by atoms with E-state index in [1.807, 2.05) is 37.3 Å². The standard InChI is InChI=1S/C20H23N3O5S/c1-3-27-20(26)23-11-9-22(10-12-23)16(24)13-28-19(25)18-17(21-14(2)29-18)15-7-5-4-6-8-15/h4-8H,3,9-13H2,1-2H3. The molecular weight excluding hydrogens is 394 g/mol. The summed E-state index contributed by atoms with van der Waals surface area (Å²) < 4.78 is 10.2. The van der Waals surface area contributed by atoms with Crippen molar-refractivity contribution in [2.75, 3.05) is 39.4 Å². The molecule has 0 atom stereocenters. The summed E-state index contributed by atoms with van der Waals surface area (Å²) in [7, 11) is 0. The molecule has 1 fully saturated rings. The topological polar surface area (TPSA) is 89.0 Å². The number of hydrogen-bond donors (Lipinski definition) is 0. The molecule has 154 valence electrons. The molecule has 2 heterocycles. The second-order valence-electron chi connectivity index (χ2n) is 6.42. The molecule has 0 bridgehead atoms. The van der Waals surface area contributed by atoms with E-state index < -0.39 is 5.97 Å². The lowest BCUT2D eigenvalue weighted by atomic mass is 10.1. The third-order valence-corrected chi connectivity index (χ3v) is 5.40. The quantitative estimate of drug-likeness (QED) is 0.695. The minimum atomic E-state index is -0.562. The number of amides is 2. The zero-order valence-corrected chi connectivity index (χ0v) is 17.2. The van der Waals surface area contributed by atoms with E-state index in [2.05, 4.69) is 4.98 Å². The van der Waals surface area contributed by atoms with E-state index in [9.17, 15) is 14.4 Å². The van der Waals surface area contributed by atoms with Crippen LogP contribution in [0.4, 0.5) is 4.79 Å². The first-order chi connectivity index (χ1) is 14.0. The molecule has 0 spiro atoms. The van der Waals surface area contributed by atoms with E-state index in [4.69, 9.17) is 9.47 Å². The number of piperazine rings is 1. The van der Waals surface area contributed by atoms with Gasteiger partial charge in [0.1, 0.15) is 4.88 Å². The molecule has 2 amide bonds. The van der Waals surface area contributed by atoms with Crippen molar-refractivity contribution in [2.45, 2.75) is 13.8 Å². The number of thiazole rings is 1. The summed E-state index contributed by atoms with van der Waals surface area (Å²) in [5, 5.41) is 0.747. The average molecular weight is 417 g/mol. The lowest BCUT2D eigenvalue weighted by Gasteiger charge is -2.33. The number of carbonyl (C=O) groups is 3. The summed E-state index contributed by atoms with van der Waals surface area (Å²) in [6.07, 6.45) is -0.375. The number of nitrogens with zero attached hydrogens (tertiary/aromatic N) is 3. The lowest BCUT2D eigenvalue weighted by Crippen LogP contribution is -2.51. The van der Waals surface area contributed by atoms with Gasteiger partial charge in [0.2, 0.25) is 0 Å². The smallest absolute Gasteiger partial charge is 0.409 e. The van der Waals surface area contributed by atoms with Gasteiger partial charge in [-0.1, -0.05) is 30.3 Å². The molecule has 0 aliphatic carbocycles. The molecule has 1 aromatic carbocycles. The number of aryl methyl sites for hydroxylation is 1. The zero-order chi connectivity index (χ0) is 20.8. The minimum absolute atomic E-state index is 0.288. The van der Waals surface area contributed by atoms with Crippen molar-refractivity contribution in [3.8, 4) is 11.3 Å². The van der Waals surface area contributed by atoms with Crippen LogP contribution in [0.15, 0.2) is 30.3 Å². The third-order valence-electron chi connectivity index (χ3n) is 4.45. The van der Waals surface area contributed by atoms with Gasteiger partial charge in [-0.25, -0.2) is 14.6 Å². The van der Waals surface area contributed by atoms with Gasteiger partial charge in [0.05, 0.1) is 17.3 Å². The molecule has 2 aromatic rings. The summed E-state index contributed by atoms with van der Waals surface area (Å²) in [4.78, 5) is 44.6. The molecule has 0 N–H and O–H groups in total. The molecule has 1 aliphatic heterocycles. The Labute approximate surface area is 173 Å². The van der Waals surface area contributed by atoms with Gasteiger partial charge in [0.25, 0.3) is 5.91 Å². The molecule has 3 rings (SSSR count). The van der Waals surface area contributed by atoms with E-state index >= 15 is 0 Å². The molecule has 0 saturated carbocycles. The van der Waals surface area contributed by atoms with Crippen molar-refractivity contribution in [1.29, 1.82) is 0 Å². The molecule has 1 saturated heterocycles. The van der Waals surface area contributed by atoms with Crippen LogP contribution in [0.5, 0.6) is 0 Å². The van der Waals surface area contributed by atoms with Gasteiger partial charge in [-0.2, -0.15) is 0 Å². The normalized spacial score (nSPS) is 13.9. The fourth-order valence-corrected chi connectivity index (χ4v) is 3.83. The highest BCUT2D eigenvalue weighted by molar-refractivity contribution is 7.14. The van der Waals surface area contributed by atoms with Crippen LogP contribution >= 0.6 is 11.3 Å². The van der Waals surface area contributed by atoms with Crippen LogP contribution in [0.1, 0.15) is 21.6 Å². The lowest BCUT2D eigenvalue weighted by molar-refractivity contribution is -0.136. The van der Waals surface area contributed by atoms with Crippen molar-refractivity contribution in [3.05, 3.63) is 40.2 Å². The molecule has 0 unspecified atom stereocenters. The molecule has 1 aliphatic rings. The first kappa shape index (κ1) is 20.8. The summed E-state index contributed by atoms with van der Waals surface area (Å²) in [6, 6.07) is 9.39. The number of esters is 1. The zero-order valence-electron chi connectivity index (χ0n) is 16.4. The van der Waals surface area contributed by atoms with E-state index in [0.717, 1.165) is 10.6 Å². The summed E-state index contributed by atoms with van der Waals surface area (Å²) >= 11 is 1.24. The maximum Gasteiger partial charge on any atom is 0.409 e. The Morgan fingerprint density at radius 2 is 1.69 bits per heavy atom. The highest BCUT2D eigenvalue weighted by Crippen LogP contribution is 2.28. The fraction of sp³-hybridized carbons (Fsp3) is 0.400. The van der Waals surface area contributed by atoms with Crippen molar-refractivity contribution in [3.63, 3.8) is 0 Å². The Balaban J connectivity index is 1.55. The van der Waals surface area contributed by atoms with Gasteiger partial charge < -0.3 is 19.3 Å². The number of rotatable bonds is 5. The highest BCUT2D eigenvalue weighted by Gasteiger charge is 2.26. The Kier molecular flexibility index (Phi) is 6.82. The molecule has 29 heavy (non-hydrogen) atoms. The SMILES string of the molecule is CCOC(=O)N1CCN(C(=O)COC(=O)c2sc(C)nc2-c2ccccc2)CC1. The van der Waals surface area contributed by atoms with Crippen LogP contribution in [0, 0.1) is 6.92 Å². The first-order valence-electron chi connectivity index (χ1n) is 9.39. The summed E-state index contributed by atoms with van der Waals surface area (Å²) in [5.41, 5.74) is 1.39. The monoisotopic (exact) mass is 417 g/mol. The van der Waals surface area contributed by atoms with Gasteiger partial charge in [-0.05, 0) is 13.8 Å². The Hall–Kier alpha value is -2.94. The second-order valence-corrected chi connectivity index (χ2v) is 7.62. The van der Waals surface area contributed by atoms with Crippen LogP contribution in [0.25, 0.3) is 11.3 Å². The van der Waals surface area contributed by atoms with Gasteiger partial charge in [0, 0.05) is 31.7 Å². The van der Waals surface area contributed by atoms with Crippen LogP contribution < -0.4 is 0 Å². The number of carbonyl (C=O) groups excluding carboxylic acids is 3. The average Bonchev–Trinajstić information content (AvgIpc) is 3.14.